The van der Waals surface area contributed by atoms with Crippen molar-refractivity contribution in [3.05, 3.63) is 35.6 Å². The molecule has 0 aliphatic heterocycles. The average molecular weight is 253 g/mol. The summed E-state index contributed by atoms with van der Waals surface area (Å²) in [5, 5.41) is 11.3. The molecule has 0 aliphatic rings. The van der Waals surface area contributed by atoms with Crippen molar-refractivity contribution in [2.45, 2.75) is 19.8 Å². The van der Waals surface area contributed by atoms with Crippen LogP contribution >= 0.6 is 0 Å². The first-order valence-corrected chi connectivity index (χ1v) is 5.77. The number of benzene rings is 1. The maximum atomic E-state index is 12.9. The van der Waals surface area contributed by atoms with Gasteiger partial charge in [0.25, 0.3) is 5.91 Å². The Morgan fingerprint density at radius 3 is 2.78 bits per heavy atom. The zero-order valence-corrected chi connectivity index (χ0v) is 10.1. The van der Waals surface area contributed by atoms with Crippen LogP contribution in [0.5, 0.6) is 0 Å². The van der Waals surface area contributed by atoms with Crippen molar-refractivity contribution in [3.63, 3.8) is 0 Å². The molecule has 0 saturated carbocycles. The van der Waals surface area contributed by atoms with Gasteiger partial charge in [-0.15, -0.1) is 0 Å². The molecule has 0 fully saturated rings. The Kier molecular flexibility index (Phi) is 5.30. The van der Waals surface area contributed by atoms with Crippen LogP contribution in [0.15, 0.2) is 24.3 Å². The number of hydrogen-bond donors (Lipinski definition) is 2. The summed E-state index contributed by atoms with van der Waals surface area (Å²) in [5.41, 5.74) is 0.265. The molecule has 4 nitrogen and oxygen atoms in total. The van der Waals surface area contributed by atoms with Crippen molar-refractivity contribution < 1.29 is 19.1 Å². The molecule has 0 aromatic heterocycles. The number of amides is 1. The topological polar surface area (TPSA) is 66.4 Å². The molecule has 98 valence electrons. The minimum absolute atomic E-state index is 0.265. The Morgan fingerprint density at radius 1 is 1.44 bits per heavy atom. The lowest BCUT2D eigenvalue weighted by atomic mass is 10.1. The van der Waals surface area contributed by atoms with Gasteiger partial charge in [-0.2, -0.15) is 0 Å². The van der Waals surface area contributed by atoms with Gasteiger partial charge in [-0.05, 0) is 31.0 Å². The first kappa shape index (κ1) is 14.2. The number of carboxylic acids is 1. The molecule has 1 unspecified atom stereocenters. The Labute approximate surface area is 105 Å². The molecule has 5 heteroatoms. The first-order chi connectivity index (χ1) is 8.50. The molecule has 0 bridgehead atoms. The van der Waals surface area contributed by atoms with E-state index in [1.807, 2.05) is 0 Å². The van der Waals surface area contributed by atoms with E-state index >= 15 is 0 Å². The van der Waals surface area contributed by atoms with Crippen LogP contribution in [-0.4, -0.2) is 23.5 Å². The highest BCUT2D eigenvalue weighted by molar-refractivity contribution is 5.94. The number of carbonyl (C=O) groups is 2. The number of aliphatic carboxylic acids is 1. The van der Waals surface area contributed by atoms with Crippen LogP contribution < -0.4 is 5.32 Å². The minimum Gasteiger partial charge on any atom is -0.481 e. The minimum atomic E-state index is -0.841. The SMILES string of the molecule is CC(CCCNC(=O)c1cccc(F)c1)C(=O)O. The third-order valence-electron chi connectivity index (χ3n) is 2.61. The van der Waals surface area contributed by atoms with Gasteiger partial charge >= 0.3 is 5.97 Å². The molecule has 1 atom stereocenters. The van der Waals surface area contributed by atoms with Gasteiger partial charge in [0.1, 0.15) is 5.82 Å². The van der Waals surface area contributed by atoms with Gasteiger partial charge in [0.05, 0.1) is 5.92 Å². The van der Waals surface area contributed by atoms with Gasteiger partial charge in [-0.25, -0.2) is 4.39 Å². The van der Waals surface area contributed by atoms with Gasteiger partial charge in [0.15, 0.2) is 0 Å². The van der Waals surface area contributed by atoms with Crippen molar-refractivity contribution in [1.29, 1.82) is 0 Å². The van der Waals surface area contributed by atoms with Crippen molar-refractivity contribution in [3.8, 4) is 0 Å². The predicted molar refractivity (Wildman–Crippen MR) is 64.8 cm³/mol. The van der Waals surface area contributed by atoms with Crippen molar-refractivity contribution >= 4 is 11.9 Å². The van der Waals surface area contributed by atoms with Crippen LogP contribution in [0.25, 0.3) is 0 Å². The van der Waals surface area contributed by atoms with Crippen LogP contribution in [0.1, 0.15) is 30.1 Å². The van der Waals surface area contributed by atoms with Gasteiger partial charge in [0, 0.05) is 12.1 Å². The molecule has 2 N–H and O–H groups in total. The predicted octanol–water partition coefficient (Wildman–Crippen LogP) is 2.06. The Bertz CT molecular complexity index is 434. The maximum absolute atomic E-state index is 12.9. The average Bonchev–Trinajstić information content (AvgIpc) is 2.33. The van der Waals surface area contributed by atoms with Crippen molar-refractivity contribution in [2.24, 2.45) is 5.92 Å². The number of nitrogens with one attached hydrogen (secondary N) is 1. The summed E-state index contributed by atoms with van der Waals surface area (Å²) in [4.78, 5) is 22.1. The quantitative estimate of drug-likeness (QED) is 0.762. The van der Waals surface area contributed by atoms with Crippen LogP contribution in [0, 0.1) is 11.7 Å². The number of rotatable bonds is 6. The molecule has 1 aromatic carbocycles. The van der Waals surface area contributed by atoms with E-state index < -0.39 is 17.7 Å². The zero-order chi connectivity index (χ0) is 13.5. The normalized spacial score (nSPS) is 11.9. The van der Waals surface area contributed by atoms with Gasteiger partial charge in [0.2, 0.25) is 0 Å². The molecule has 0 heterocycles. The van der Waals surface area contributed by atoms with Crippen molar-refractivity contribution in [1.82, 2.24) is 5.32 Å². The zero-order valence-electron chi connectivity index (χ0n) is 10.1. The summed E-state index contributed by atoms with van der Waals surface area (Å²) < 4.78 is 12.9. The summed E-state index contributed by atoms with van der Waals surface area (Å²) in [6, 6.07) is 5.43. The smallest absolute Gasteiger partial charge is 0.306 e. The molecule has 1 aromatic rings. The number of hydrogen-bond acceptors (Lipinski definition) is 2. The van der Waals surface area contributed by atoms with Gasteiger partial charge < -0.3 is 10.4 Å². The van der Waals surface area contributed by atoms with E-state index in [-0.39, 0.29) is 11.5 Å². The molecule has 0 saturated heterocycles. The molecular weight excluding hydrogens is 237 g/mol. The van der Waals surface area contributed by atoms with E-state index in [1.165, 1.54) is 18.2 Å². The van der Waals surface area contributed by atoms with E-state index in [1.54, 1.807) is 6.92 Å². The van der Waals surface area contributed by atoms with E-state index in [0.29, 0.717) is 19.4 Å². The largest absolute Gasteiger partial charge is 0.481 e. The van der Waals surface area contributed by atoms with Crippen LogP contribution in [0.3, 0.4) is 0 Å². The lowest BCUT2D eigenvalue weighted by Crippen LogP contribution is -2.25. The van der Waals surface area contributed by atoms with Crippen LogP contribution in [-0.2, 0) is 4.79 Å². The van der Waals surface area contributed by atoms with E-state index in [9.17, 15) is 14.0 Å². The first-order valence-electron chi connectivity index (χ1n) is 5.77. The fourth-order valence-corrected chi connectivity index (χ4v) is 1.47. The van der Waals surface area contributed by atoms with Crippen molar-refractivity contribution in [2.75, 3.05) is 6.54 Å². The van der Waals surface area contributed by atoms with Crippen LogP contribution in [0.2, 0.25) is 0 Å². The highest BCUT2D eigenvalue weighted by atomic mass is 19.1. The third kappa shape index (κ3) is 4.53. The van der Waals surface area contributed by atoms with E-state index in [4.69, 9.17) is 5.11 Å². The van der Waals surface area contributed by atoms with Gasteiger partial charge in [-0.3, -0.25) is 9.59 Å². The second-order valence-electron chi connectivity index (χ2n) is 4.15. The standard InChI is InChI=1S/C13H16FNO3/c1-9(13(17)18)4-3-7-15-12(16)10-5-2-6-11(14)8-10/h2,5-6,8-9H,3-4,7H2,1H3,(H,15,16)(H,17,18). The number of halogens is 1. The third-order valence-corrected chi connectivity index (χ3v) is 2.61. The second kappa shape index (κ2) is 6.74. The van der Waals surface area contributed by atoms with Crippen LogP contribution in [0.4, 0.5) is 4.39 Å². The molecule has 1 rings (SSSR count). The summed E-state index contributed by atoms with van der Waals surface area (Å²) in [5.74, 6) is -2.07. The highest BCUT2D eigenvalue weighted by Gasteiger charge is 2.10. The molecule has 0 aliphatic carbocycles. The molecule has 18 heavy (non-hydrogen) atoms. The van der Waals surface area contributed by atoms with E-state index in [0.717, 1.165) is 6.07 Å². The van der Waals surface area contributed by atoms with E-state index in [2.05, 4.69) is 5.32 Å². The summed E-state index contributed by atoms with van der Waals surface area (Å²) in [7, 11) is 0. The molecule has 1 amide bonds. The maximum Gasteiger partial charge on any atom is 0.306 e. The Hall–Kier alpha value is -1.91. The fourth-order valence-electron chi connectivity index (χ4n) is 1.47. The molecule has 0 spiro atoms. The number of carboxylic acid groups (broad SMARTS) is 1. The summed E-state index contributed by atoms with van der Waals surface area (Å²) in [6.07, 6.45) is 1.08. The lowest BCUT2D eigenvalue weighted by Gasteiger charge is -2.07. The number of carbonyl (C=O) groups excluding carboxylic acids is 1. The summed E-state index contributed by atoms with van der Waals surface area (Å²) in [6.45, 7) is 2.00. The molecular formula is C13H16FNO3. The monoisotopic (exact) mass is 253 g/mol. The fraction of sp³-hybridized carbons (Fsp3) is 0.385. The van der Waals surface area contributed by atoms with Gasteiger partial charge in [-0.1, -0.05) is 13.0 Å². The Balaban J connectivity index is 2.32. The lowest BCUT2D eigenvalue weighted by molar-refractivity contribution is -0.141. The second-order valence-corrected chi connectivity index (χ2v) is 4.15. The Morgan fingerprint density at radius 2 is 2.17 bits per heavy atom. The highest BCUT2D eigenvalue weighted by Crippen LogP contribution is 2.05. The summed E-state index contributed by atoms with van der Waals surface area (Å²) >= 11 is 0. The molecule has 0 radical (unpaired) electrons.